The van der Waals surface area contributed by atoms with Crippen molar-refractivity contribution in [3.8, 4) is 0 Å². The third-order valence-corrected chi connectivity index (χ3v) is 6.75. The van der Waals surface area contributed by atoms with Crippen LogP contribution in [0.3, 0.4) is 0 Å². The molecule has 4 heteroatoms. The van der Waals surface area contributed by atoms with Crippen LogP contribution in [0.2, 0.25) is 0 Å². The zero-order valence-corrected chi connectivity index (χ0v) is 21.4. The lowest BCUT2D eigenvalue weighted by molar-refractivity contribution is 0.0999. The van der Waals surface area contributed by atoms with Crippen molar-refractivity contribution in [3.05, 3.63) is 108 Å². The van der Waals surface area contributed by atoms with Crippen molar-refractivity contribution in [2.24, 2.45) is 0 Å². The van der Waals surface area contributed by atoms with Gasteiger partial charge in [0.15, 0.2) is 0 Å². The lowest BCUT2D eigenvalue weighted by Gasteiger charge is -2.13. The number of hydrogen-bond donors (Lipinski definition) is 0. The molecule has 4 nitrogen and oxygen atoms in total. The van der Waals surface area contributed by atoms with Crippen LogP contribution < -0.4 is 4.90 Å². The highest BCUT2D eigenvalue weighted by Gasteiger charge is 2.27. The number of rotatable bonds is 12. The summed E-state index contributed by atoms with van der Waals surface area (Å²) in [6, 6.07) is 10.2. The molecule has 0 spiro atoms. The van der Waals surface area contributed by atoms with E-state index in [9.17, 15) is 4.79 Å². The average molecular weight is 482 g/mol. The molecule has 1 heterocycles. The SMILES string of the molecule is C=C(C)C(=C)OCCCCCCOC(=C)C1=CC=C(c2ccc3c4c(cccc24)C(=O)N3C)CC=C1. The van der Waals surface area contributed by atoms with Gasteiger partial charge in [0.25, 0.3) is 5.91 Å². The number of unbranched alkanes of at least 4 members (excludes halogenated alkanes) is 3. The number of hydrogen-bond acceptors (Lipinski definition) is 3. The Morgan fingerprint density at radius 1 is 0.944 bits per heavy atom. The molecule has 1 aliphatic heterocycles. The number of benzene rings is 2. The molecule has 0 unspecified atom stereocenters. The minimum absolute atomic E-state index is 0.0557. The average Bonchev–Trinajstić information content (AvgIpc) is 3.03. The first-order chi connectivity index (χ1) is 17.4. The van der Waals surface area contributed by atoms with E-state index in [1.807, 2.05) is 26.1 Å². The van der Waals surface area contributed by atoms with Gasteiger partial charge in [-0.15, -0.1) is 0 Å². The van der Waals surface area contributed by atoms with E-state index in [4.69, 9.17) is 9.47 Å². The number of allylic oxidation sites excluding steroid dienone is 6. The summed E-state index contributed by atoms with van der Waals surface area (Å²) in [6.45, 7) is 15.0. The second-order valence-electron chi connectivity index (χ2n) is 9.38. The molecule has 0 fully saturated rings. The fraction of sp³-hybridized carbons (Fsp3) is 0.281. The van der Waals surface area contributed by atoms with Gasteiger partial charge in [-0.3, -0.25) is 4.79 Å². The molecule has 2 aromatic rings. The standard InChI is InChI=1S/C32H35NO3/c1-22(2)23(3)35-20-8-6-7-9-21-36-24(4)25-12-10-13-26(17-16-25)27-18-19-30-31-28(27)14-11-15-29(31)32(34)33(30)5/h10-12,14-19H,1,3-4,6-9,13,20-21H2,2,5H3. The summed E-state index contributed by atoms with van der Waals surface area (Å²) in [6.07, 6.45) is 13.4. The van der Waals surface area contributed by atoms with E-state index in [2.05, 4.69) is 62.2 Å². The molecule has 4 rings (SSSR count). The molecule has 1 aliphatic carbocycles. The zero-order valence-electron chi connectivity index (χ0n) is 21.4. The van der Waals surface area contributed by atoms with E-state index in [-0.39, 0.29) is 5.91 Å². The maximum atomic E-state index is 12.6. The van der Waals surface area contributed by atoms with Crippen molar-refractivity contribution in [2.45, 2.75) is 39.0 Å². The second-order valence-corrected chi connectivity index (χ2v) is 9.38. The summed E-state index contributed by atoms with van der Waals surface area (Å²) in [5, 5.41) is 2.16. The Bertz CT molecular complexity index is 1310. The fourth-order valence-corrected chi connectivity index (χ4v) is 4.58. The molecule has 0 aromatic heterocycles. The summed E-state index contributed by atoms with van der Waals surface area (Å²) >= 11 is 0. The molecule has 186 valence electrons. The minimum atomic E-state index is 0.0557. The maximum Gasteiger partial charge on any atom is 0.258 e. The maximum absolute atomic E-state index is 12.6. The first-order valence-electron chi connectivity index (χ1n) is 12.6. The number of carbonyl (C=O) groups excluding carboxylic acids is 1. The Morgan fingerprint density at radius 3 is 2.44 bits per heavy atom. The Morgan fingerprint density at radius 2 is 1.69 bits per heavy atom. The van der Waals surface area contributed by atoms with E-state index in [1.165, 1.54) is 5.57 Å². The molecule has 0 atom stereocenters. The van der Waals surface area contributed by atoms with Crippen molar-refractivity contribution < 1.29 is 14.3 Å². The Hall–Kier alpha value is -3.79. The summed E-state index contributed by atoms with van der Waals surface area (Å²) in [5.41, 5.74) is 5.97. The number of ether oxygens (including phenoxy) is 2. The molecule has 0 radical (unpaired) electrons. The lowest BCUT2D eigenvalue weighted by atomic mass is 9.94. The Labute approximate surface area is 214 Å². The molecular formula is C32H35NO3. The van der Waals surface area contributed by atoms with Crippen LogP contribution in [-0.4, -0.2) is 26.2 Å². The molecule has 1 amide bonds. The van der Waals surface area contributed by atoms with Gasteiger partial charge in [-0.1, -0.05) is 62.2 Å². The van der Waals surface area contributed by atoms with Crippen molar-refractivity contribution >= 4 is 27.9 Å². The van der Waals surface area contributed by atoms with Crippen LogP contribution in [-0.2, 0) is 9.47 Å². The predicted octanol–water partition coefficient (Wildman–Crippen LogP) is 7.90. The fourth-order valence-electron chi connectivity index (χ4n) is 4.58. The highest BCUT2D eigenvalue weighted by atomic mass is 16.5. The summed E-state index contributed by atoms with van der Waals surface area (Å²) < 4.78 is 11.5. The van der Waals surface area contributed by atoms with Crippen LogP contribution in [0.15, 0.2) is 97.0 Å². The number of nitrogens with zero attached hydrogens (tertiary/aromatic N) is 1. The van der Waals surface area contributed by atoms with Gasteiger partial charge in [0.2, 0.25) is 0 Å². The Kier molecular flexibility index (Phi) is 7.94. The largest absolute Gasteiger partial charge is 0.494 e. The van der Waals surface area contributed by atoms with Gasteiger partial charge in [0, 0.05) is 23.6 Å². The zero-order chi connectivity index (χ0) is 25.7. The van der Waals surface area contributed by atoms with Crippen LogP contribution in [0.1, 0.15) is 54.9 Å². The molecule has 2 aliphatic rings. The highest BCUT2D eigenvalue weighted by molar-refractivity contribution is 6.26. The normalized spacial score (nSPS) is 14.4. The van der Waals surface area contributed by atoms with Crippen LogP contribution in [0.4, 0.5) is 5.69 Å². The van der Waals surface area contributed by atoms with Crippen LogP contribution in [0.25, 0.3) is 16.3 Å². The van der Waals surface area contributed by atoms with Gasteiger partial charge in [-0.2, -0.15) is 0 Å². The van der Waals surface area contributed by atoms with Crippen LogP contribution in [0.5, 0.6) is 0 Å². The highest BCUT2D eigenvalue weighted by Crippen LogP contribution is 2.40. The predicted molar refractivity (Wildman–Crippen MR) is 150 cm³/mol. The van der Waals surface area contributed by atoms with Gasteiger partial charge in [-0.25, -0.2) is 0 Å². The molecule has 2 aromatic carbocycles. The summed E-state index contributed by atoms with van der Waals surface area (Å²) in [5.74, 6) is 1.42. The van der Waals surface area contributed by atoms with E-state index in [0.717, 1.165) is 70.8 Å². The summed E-state index contributed by atoms with van der Waals surface area (Å²) in [4.78, 5) is 14.3. The monoisotopic (exact) mass is 481 g/mol. The van der Waals surface area contributed by atoms with E-state index in [0.29, 0.717) is 24.7 Å². The molecule has 0 N–H and O–H groups in total. The molecule has 36 heavy (non-hydrogen) atoms. The molecule has 0 saturated carbocycles. The van der Waals surface area contributed by atoms with Gasteiger partial charge in [-0.05, 0) is 73.3 Å². The van der Waals surface area contributed by atoms with Crippen molar-refractivity contribution in [1.29, 1.82) is 0 Å². The van der Waals surface area contributed by atoms with Gasteiger partial charge in [0.1, 0.15) is 11.5 Å². The molecule has 0 saturated heterocycles. The number of carbonyl (C=O) groups is 1. The number of amides is 1. The van der Waals surface area contributed by atoms with Gasteiger partial charge < -0.3 is 14.4 Å². The van der Waals surface area contributed by atoms with E-state index in [1.54, 1.807) is 4.90 Å². The van der Waals surface area contributed by atoms with Gasteiger partial charge in [0.05, 0.1) is 18.9 Å². The third kappa shape index (κ3) is 5.38. The first kappa shape index (κ1) is 25.3. The molecule has 0 bridgehead atoms. The summed E-state index contributed by atoms with van der Waals surface area (Å²) in [7, 11) is 1.84. The Balaban J connectivity index is 1.33. The lowest BCUT2D eigenvalue weighted by Crippen LogP contribution is -2.20. The van der Waals surface area contributed by atoms with E-state index < -0.39 is 0 Å². The van der Waals surface area contributed by atoms with Crippen molar-refractivity contribution in [2.75, 3.05) is 25.2 Å². The second kappa shape index (κ2) is 11.3. The number of anilines is 1. The van der Waals surface area contributed by atoms with Crippen molar-refractivity contribution in [3.63, 3.8) is 0 Å². The van der Waals surface area contributed by atoms with Crippen LogP contribution >= 0.6 is 0 Å². The van der Waals surface area contributed by atoms with Crippen LogP contribution in [0, 0.1) is 0 Å². The topological polar surface area (TPSA) is 38.8 Å². The van der Waals surface area contributed by atoms with E-state index >= 15 is 0 Å². The quantitative estimate of drug-likeness (QED) is 0.176. The van der Waals surface area contributed by atoms with Gasteiger partial charge >= 0.3 is 0 Å². The third-order valence-electron chi connectivity index (χ3n) is 6.75. The minimum Gasteiger partial charge on any atom is -0.494 e. The molecular weight excluding hydrogens is 446 g/mol. The van der Waals surface area contributed by atoms with Crippen molar-refractivity contribution in [1.82, 2.24) is 0 Å². The smallest absolute Gasteiger partial charge is 0.258 e. The first-order valence-corrected chi connectivity index (χ1v) is 12.6.